The van der Waals surface area contributed by atoms with Crippen LogP contribution in [0.4, 0.5) is 5.69 Å². The summed E-state index contributed by atoms with van der Waals surface area (Å²) in [5.74, 6) is 0.841. The summed E-state index contributed by atoms with van der Waals surface area (Å²) in [6.07, 6.45) is 0.884. The van der Waals surface area contributed by atoms with Crippen LogP contribution in [0.5, 0.6) is 5.75 Å². The Morgan fingerprint density at radius 1 is 1.24 bits per heavy atom. The number of hydrogen-bond donors (Lipinski definition) is 2. The topological polar surface area (TPSA) is 70.8 Å². The number of hydrogen-bond acceptors (Lipinski definition) is 5. The van der Waals surface area contributed by atoms with Gasteiger partial charge in [0, 0.05) is 38.4 Å². The lowest BCUT2D eigenvalue weighted by atomic mass is 9.99. The van der Waals surface area contributed by atoms with Crippen molar-refractivity contribution in [2.24, 2.45) is 11.7 Å². The van der Waals surface area contributed by atoms with E-state index in [1.54, 1.807) is 0 Å². The summed E-state index contributed by atoms with van der Waals surface area (Å²) in [4.78, 5) is 16.9. The Bertz CT molecular complexity index is 527. The van der Waals surface area contributed by atoms with Gasteiger partial charge in [0.25, 0.3) is 0 Å². The fourth-order valence-electron chi connectivity index (χ4n) is 2.74. The van der Waals surface area contributed by atoms with E-state index in [0.29, 0.717) is 6.61 Å². The SMILES string of the molecule is CCC(C)C(N)C(=O)Nc1ccc(OCCN2CCN(C)CC2)cc1. The van der Waals surface area contributed by atoms with Crippen molar-refractivity contribution in [2.45, 2.75) is 26.3 Å². The lowest BCUT2D eigenvalue weighted by Gasteiger charge is -2.32. The molecule has 0 spiro atoms. The molecule has 1 saturated heterocycles. The van der Waals surface area contributed by atoms with Gasteiger partial charge in [0.05, 0.1) is 6.04 Å². The van der Waals surface area contributed by atoms with Gasteiger partial charge in [-0.1, -0.05) is 20.3 Å². The zero-order chi connectivity index (χ0) is 18.2. The Kier molecular flexibility index (Phi) is 7.68. The van der Waals surface area contributed by atoms with Crippen LogP contribution in [-0.2, 0) is 4.79 Å². The number of nitrogens with two attached hydrogens (primary N) is 1. The molecule has 1 aliphatic rings. The Labute approximate surface area is 151 Å². The zero-order valence-corrected chi connectivity index (χ0v) is 15.7. The quantitative estimate of drug-likeness (QED) is 0.747. The van der Waals surface area contributed by atoms with Crippen LogP contribution in [-0.4, -0.2) is 68.1 Å². The molecule has 1 aliphatic heterocycles. The number of nitrogens with zero attached hydrogens (tertiary/aromatic N) is 2. The van der Waals surface area contributed by atoms with Crippen LogP contribution in [0.3, 0.4) is 0 Å². The van der Waals surface area contributed by atoms with E-state index in [1.165, 1.54) is 0 Å². The lowest BCUT2D eigenvalue weighted by molar-refractivity contribution is -0.118. The van der Waals surface area contributed by atoms with Crippen molar-refractivity contribution < 1.29 is 9.53 Å². The van der Waals surface area contributed by atoms with Crippen molar-refractivity contribution in [3.63, 3.8) is 0 Å². The molecule has 3 N–H and O–H groups in total. The average molecular weight is 348 g/mol. The number of benzene rings is 1. The van der Waals surface area contributed by atoms with Crippen LogP contribution in [0, 0.1) is 5.92 Å². The van der Waals surface area contributed by atoms with Crippen LogP contribution in [0.25, 0.3) is 0 Å². The summed E-state index contributed by atoms with van der Waals surface area (Å²) in [6.45, 7) is 10.1. The molecule has 0 bridgehead atoms. The van der Waals surface area contributed by atoms with Gasteiger partial charge in [0.15, 0.2) is 0 Å². The van der Waals surface area contributed by atoms with Crippen molar-refractivity contribution in [1.82, 2.24) is 9.80 Å². The minimum absolute atomic E-state index is 0.141. The monoisotopic (exact) mass is 348 g/mol. The van der Waals surface area contributed by atoms with Crippen LogP contribution >= 0.6 is 0 Å². The lowest BCUT2D eigenvalue weighted by Crippen LogP contribution is -2.45. The molecule has 1 aromatic rings. The molecule has 25 heavy (non-hydrogen) atoms. The largest absolute Gasteiger partial charge is 0.492 e. The van der Waals surface area contributed by atoms with Gasteiger partial charge >= 0.3 is 0 Å². The minimum Gasteiger partial charge on any atom is -0.492 e. The van der Waals surface area contributed by atoms with E-state index < -0.39 is 6.04 Å². The highest BCUT2D eigenvalue weighted by molar-refractivity contribution is 5.94. The molecule has 1 aromatic carbocycles. The summed E-state index contributed by atoms with van der Waals surface area (Å²) in [5.41, 5.74) is 6.70. The van der Waals surface area contributed by atoms with E-state index in [0.717, 1.165) is 50.6 Å². The molecule has 1 fully saturated rings. The molecule has 0 aliphatic carbocycles. The first kappa shape index (κ1) is 19.7. The molecular formula is C19H32N4O2. The van der Waals surface area contributed by atoms with Gasteiger partial charge in [0.2, 0.25) is 5.91 Å². The molecule has 6 nitrogen and oxygen atoms in total. The third-order valence-electron chi connectivity index (χ3n) is 4.95. The molecule has 0 aromatic heterocycles. The third-order valence-corrected chi connectivity index (χ3v) is 4.95. The fraction of sp³-hybridized carbons (Fsp3) is 0.632. The number of piperazine rings is 1. The first-order chi connectivity index (χ1) is 12.0. The number of anilines is 1. The summed E-state index contributed by atoms with van der Waals surface area (Å²) in [6, 6.07) is 6.99. The molecule has 140 valence electrons. The zero-order valence-electron chi connectivity index (χ0n) is 15.7. The summed E-state index contributed by atoms with van der Waals surface area (Å²) in [7, 11) is 2.16. The highest BCUT2D eigenvalue weighted by Gasteiger charge is 2.19. The standard InChI is InChI=1S/C19H32N4O2/c1-4-15(2)18(20)19(24)21-16-5-7-17(8-6-16)25-14-13-23-11-9-22(3)10-12-23/h5-8,15,18H,4,9-14,20H2,1-3H3,(H,21,24). The van der Waals surface area contributed by atoms with E-state index in [4.69, 9.17) is 10.5 Å². The van der Waals surface area contributed by atoms with Gasteiger partial charge in [-0.3, -0.25) is 9.69 Å². The predicted octanol–water partition coefficient (Wildman–Crippen LogP) is 1.62. The van der Waals surface area contributed by atoms with Crippen molar-refractivity contribution in [3.05, 3.63) is 24.3 Å². The second kappa shape index (κ2) is 9.75. The average Bonchev–Trinajstić information content (AvgIpc) is 2.63. The maximum atomic E-state index is 12.1. The summed E-state index contributed by atoms with van der Waals surface area (Å²) < 4.78 is 5.81. The Hall–Kier alpha value is -1.63. The smallest absolute Gasteiger partial charge is 0.241 e. The van der Waals surface area contributed by atoms with Gasteiger partial charge in [-0.15, -0.1) is 0 Å². The number of amides is 1. The highest BCUT2D eigenvalue weighted by atomic mass is 16.5. The molecule has 0 saturated carbocycles. The number of carbonyl (C=O) groups excluding carboxylic acids is 1. The number of carbonyl (C=O) groups is 1. The molecular weight excluding hydrogens is 316 g/mol. The first-order valence-electron chi connectivity index (χ1n) is 9.19. The van der Waals surface area contributed by atoms with Crippen LogP contribution in [0.15, 0.2) is 24.3 Å². The molecule has 2 atom stereocenters. The molecule has 1 heterocycles. The van der Waals surface area contributed by atoms with Gasteiger partial charge < -0.3 is 20.7 Å². The predicted molar refractivity (Wildman–Crippen MR) is 102 cm³/mol. The van der Waals surface area contributed by atoms with Crippen molar-refractivity contribution in [2.75, 3.05) is 51.7 Å². The Morgan fingerprint density at radius 3 is 2.48 bits per heavy atom. The highest BCUT2D eigenvalue weighted by Crippen LogP contribution is 2.17. The fourth-order valence-corrected chi connectivity index (χ4v) is 2.74. The number of likely N-dealkylation sites (N-methyl/N-ethyl adjacent to an activating group) is 1. The van der Waals surface area contributed by atoms with Crippen LogP contribution < -0.4 is 15.8 Å². The number of ether oxygens (including phenoxy) is 1. The van der Waals surface area contributed by atoms with Gasteiger partial charge in [0.1, 0.15) is 12.4 Å². The summed E-state index contributed by atoms with van der Waals surface area (Å²) >= 11 is 0. The van der Waals surface area contributed by atoms with Crippen LogP contribution in [0.2, 0.25) is 0 Å². The normalized spacial score (nSPS) is 18.6. The van der Waals surface area contributed by atoms with Crippen LogP contribution in [0.1, 0.15) is 20.3 Å². The Balaban J connectivity index is 1.73. The molecule has 0 radical (unpaired) electrons. The van der Waals surface area contributed by atoms with E-state index in [9.17, 15) is 4.79 Å². The molecule has 1 amide bonds. The maximum absolute atomic E-state index is 12.1. The first-order valence-corrected chi connectivity index (χ1v) is 9.19. The summed E-state index contributed by atoms with van der Waals surface area (Å²) in [5, 5.41) is 2.86. The van der Waals surface area contributed by atoms with Crippen molar-refractivity contribution >= 4 is 11.6 Å². The van der Waals surface area contributed by atoms with E-state index in [1.807, 2.05) is 38.1 Å². The minimum atomic E-state index is -0.482. The molecule has 2 rings (SSSR count). The Morgan fingerprint density at radius 2 is 1.88 bits per heavy atom. The third kappa shape index (κ3) is 6.30. The second-order valence-electron chi connectivity index (χ2n) is 6.92. The van der Waals surface area contributed by atoms with Crippen molar-refractivity contribution in [1.29, 1.82) is 0 Å². The molecule has 2 unspecified atom stereocenters. The second-order valence-corrected chi connectivity index (χ2v) is 6.92. The number of rotatable bonds is 8. The van der Waals surface area contributed by atoms with E-state index in [2.05, 4.69) is 22.2 Å². The molecule has 6 heteroatoms. The van der Waals surface area contributed by atoms with Crippen molar-refractivity contribution in [3.8, 4) is 5.75 Å². The van der Waals surface area contributed by atoms with E-state index in [-0.39, 0.29) is 11.8 Å². The maximum Gasteiger partial charge on any atom is 0.241 e. The number of nitrogens with one attached hydrogen (secondary N) is 1. The van der Waals surface area contributed by atoms with E-state index >= 15 is 0 Å². The van der Waals surface area contributed by atoms with Gasteiger partial charge in [-0.25, -0.2) is 0 Å². The van der Waals surface area contributed by atoms with Gasteiger partial charge in [-0.05, 0) is 37.2 Å². The van der Waals surface area contributed by atoms with Gasteiger partial charge in [-0.2, -0.15) is 0 Å².